The Morgan fingerprint density at radius 2 is 2.00 bits per heavy atom. The summed E-state index contributed by atoms with van der Waals surface area (Å²) in [4.78, 5) is 18.3. The van der Waals surface area contributed by atoms with E-state index in [1.54, 1.807) is 18.2 Å². The first-order chi connectivity index (χ1) is 10.5. The lowest BCUT2D eigenvalue weighted by molar-refractivity contribution is 0.0936. The Morgan fingerprint density at radius 3 is 2.64 bits per heavy atom. The number of hydrogen-bond donors (Lipinski definition) is 1. The number of nitrogens with one attached hydrogen (secondary N) is 1. The SMILES string of the molecule is Cc1cccc(C(=O)NCC(c2cccc(F)c2)N(C)C)n1. The normalized spacial score (nSPS) is 12.2. The maximum absolute atomic E-state index is 13.4. The van der Waals surface area contributed by atoms with Gasteiger partial charge in [0.05, 0.1) is 6.04 Å². The maximum atomic E-state index is 13.4. The summed E-state index contributed by atoms with van der Waals surface area (Å²) in [6, 6.07) is 11.6. The van der Waals surface area contributed by atoms with E-state index in [1.807, 2.05) is 38.1 Å². The van der Waals surface area contributed by atoms with Crippen molar-refractivity contribution in [2.24, 2.45) is 0 Å². The van der Waals surface area contributed by atoms with Crippen molar-refractivity contribution in [3.8, 4) is 0 Å². The summed E-state index contributed by atoms with van der Waals surface area (Å²) in [6.45, 7) is 2.22. The van der Waals surface area contributed by atoms with Gasteiger partial charge in [0.1, 0.15) is 11.5 Å². The molecule has 0 aliphatic rings. The molecule has 2 aromatic rings. The summed E-state index contributed by atoms with van der Waals surface area (Å²) in [7, 11) is 3.79. The number of hydrogen-bond acceptors (Lipinski definition) is 3. The molecule has 4 nitrogen and oxygen atoms in total. The van der Waals surface area contributed by atoms with Crippen LogP contribution in [0.25, 0.3) is 0 Å². The zero-order chi connectivity index (χ0) is 16.1. The van der Waals surface area contributed by atoms with Gasteiger partial charge in [-0.3, -0.25) is 4.79 Å². The Balaban J connectivity index is 2.08. The molecule has 116 valence electrons. The molecule has 0 aliphatic heterocycles. The number of halogens is 1. The fourth-order valence-corrected chi connectivity index (χ4v) is 2.26. The van der Waals surface area contributed by atoms with Crippen LogP contribution in [0, 0.1) is 12.7 Å². The van der Waals surface area contributed by atoms with Gasteiger partial charge >= 0.3 is 0 Å². The van der Waals surface area contributed by atoms with Gasteiger partial charge in [-0.05, 0) is 50.8 Å². The fourth-order valence-electron chi connectivity index (χ4n) is 2.26. The summed E-state index contributed by atoms with van der Waals surface area (Å²) in [5.74, 6) is -0.511. The molecule has 0 saturated heterocycles. The summed E-state index contributed by atoms with van der Waals surface area (Å²) >= 11 is 0. The smallest absolute Gasteiger partial charge is 0.269 e. The first kappa shape index (κ1) is 16.1. The van der Waals surface area contributed by atoms with Gasteiger partial charge in [0.25, 0.3) is 5.91 Å². The predicted molar refractivity (Wildman–Crippen MR) is 84.1 cm³/mol. The minimum absolute atomic E-state index is 0.107. The average Bonchev–Trinajstić information content (AvgIpc) is 2.47. The van der Waals surface area contributed by atoms with Gasteiger partial charge in [-0.1, -0.05) is 18.2 Å². The van der Waals surface area contributed by atoms with E-state index >= 15 is 0 Å². The van der Waals surface area contributed by atoms with E-state index in [0.717, 1.165) is 11.3 Å². The van der Waals surface area contributed by atoms with Gasteiger partial charge in [0.15, 0.2) is 0 Å². The van der Waals surface area contributed by atoms with E-state index in [2.05, 4.69) is 10.3 Å². The highest BCUT2D eigenvalue weighted by atomic mass is 19.1. The third-order valence-electron chi connectivity index (χ3n) is 3.43. The van der Waals surface area contributed by atoms with Gasteiger partial charge in [-0.25, -0.2) is 9.37 Å². The topological polar surface area (TPSA) is 45.2 Å². The van der Waals surface area contributed by atoms with E-state index in [4.69, 9.17) is 0 Å². The molecule has 0 bridgehead atoms. The molecule has 2 rings (SSSR count). The summed E-state index contributed by atoms with van der Waals surface area (Å²) < 4.78 is 13.4. The second-order valence-electron chi connectivity index (χ2n) is 5.41. The summed E-state index contributed by atoms with van der Waals surface area (Å²) in [6.07, 6.45) is 0. The van der Waals surface area contributed by atoms with Crippen molar-refractivity contribution in [2.75, 3.05) is 20.6 Å². The van der Waals surface area contributed by atoms with Crippen LogP contribution in [-0.2, 0) is 0 Å². The Morgan fingerprint density at radius 1 is 1.27 bits per heavy atom. The van der Waals surface area contributed by atoms with Crippen molar-refractivity contribution in [3.05, 3.63) is 65.2 Å². The van der Waals surface area contributed by atoms with Crippen molar-refractivity contribution in [1.82, 2.24) is 15.2 Å². The number of benzene rings is 1. The number of rotatable bonds is 5. The molecule has 0 radical (unpaired) electrons. The van der Waals surface area contributed by atoms with E-state index in [9.17, 15) is 9.18 Å². The largest absolute Gasteiger partial charge is 0.349 e. The average molecular weight is 301 g/mol. The lowest BCUT2D eigenvalue weighted by atomic mass is 10.1. The third-order valence-corrected chi connectivity index (χ3v) is 3.43. The number of amides is 1. The zero-order valence-corrected chi connectivity index (χ0v) is 13.0. The lowest BCUT2D eigenvalue weighted by Crippen LogP contribution is -2.35. The third kappa shape index (κ3) is 4.11. The molecule has 1 N–H and O–H groups in total. The van der Waals surface area contributed by atoms with Gasteiger partial charge in [-0.15, -0.1) is 0 Å². The summed E-state index contributed by atoms with van der Waals surface area (Å²) in [5.41, 5.74) is 2.00. The number of nitrogens with zero attached hydrogens (tertiary/aromatic N) is 2. The number of aryl methyl sites for hydroxylation is 1. The first-order valence-corrected chi connectivity index (χ1v) is 7.11. The number of carbonyl (C=O) groups excluding carboxylic acids is 1. The van der Waals surface area contributed by atoms with Crippen LogP contribution in [0.15, 0.2) is 42.5 Å². The van der Waals surface area contributed by atoms with Crippen LogP contribution in [0.4, 0.5) is 4.39 Å². The highest BCUT2D eigenvalue weighted by molar-refractivity contribution is 5.92. The molecule has 1 unspecified atom stereocenters. The minimum atomic E-state index is -0.281. The van der Waals surface area contributed by atoms with Crippen LogP contribution < -0.4 is 5.32 Å². The standard InChI is InChI=1S/C17H20FN3O/c1-12-6-4-9-15(20-12)17(22)19-11-16(21(2)3)13-7-5-8-14(18)10-13/h4-10,16H,11H2,1-3H3,(H,19,22). The van der Waals surface area contributed by atoms with Crippen LogP contribution >= 0.6 is 0 Å². The van der Waals surface area contributed by atoms with E-state index in [1.165, 1.54) is 12.1 Å². The molecule has 0 fully saturated rings. The number of aromatic nitrogens is 1. The number of pyridine rings is 1. The second kappa shape index (κ2) is 7.13. The minimum Gasteiger partial charge on any atom is -0.349 e. The molecule has 0 saturated carbocycles. The molecular weight excluding hydrogens is 281 g/mol. The Kier molecular flexibility index (Phi) is 5.22. The Hall–Kier alpha value is -2.27. The molecule has 0 aliphatic carbocycles. The number of likely N-dealkylation sites (N-methyl/N-ethyl adjacent to an activating group) is 1. The molecule has 1 aromatic heterocycles. The molecular formula is C17H20FN3O. The molecule has 1 heterocycles. The Bertz CT molecular complexity index is 658. The van der Waals surface area contributed by atoms with Crippen LogP contribution in [0.1, 0.15) is 27.8 Å². The van der Waals surface area contributed by atoms with E-state index in [0.29, 0.717) is 12.2 Å². The molecule has 1 aromatic carbocycles. The molecule has 0 spiro atoms. The van der Waals surface area contributed by atoms with Crippen molar-refractivity contribution in [3.63, 3.8) is 0 Å². The second-order valence-corrected chi connectivity index (χ2v) is 5.41. The van der Waals surface area contributed by atoms with Crippen LogP contribution in [0.3, 0.4) is 0 Å². The van der Waals surface area contributed by atoms with Crippen molar-refractivity contribution < 1.29 is 9.18 Å². The van der Waals surface area contributed by atoms with Crippen LogP contribution in [-0.4, -0.2) is 36.4 Å². The van der Waals surface area contributed by atoms with Crippen molar-refractivity contribution in [1.29, 1.82) is 0 Å². The van der Waals surface area contributed by atoms with Crippen molar-refractivity contribution in [2.45, 2.75) is 13.0 Å². The molecule has 22 heavy (non-hydrogen) atoms. The van der Waals surface area contributed by atoms with E-state index < -0.39 is 0 Å². The molecule has 5 heteroatoms. The summed E-state index contributed by atoms with van der Waals surface area (Å²) in [5, 5.41) is 2.86. The lowest BCUT2D eigenvalue weighted by Gasteiger charge is -2.25. The Labute approximate surface area is 130 Å². The quantitative estimate of drug-likeness (QED) is 0.923. The first-order valence-electron chi connectivity index (χ1n) is 7.11. The molecule has 1 amide bonds. The fraction of sp³-hybridized carbons (Fsp3) is 0.294. The van der Waals surface area contributed by atoms with Gasteiger partial charge in [0.2, 0.25) is 0 Å². The highest BCUT2D eigenvalue weighted by Crippen LogP contribution is 2.18. The highest BCUT2D eigenvalue weighted by Gasteiger charge is 2.16. The van der Waals surface area contributed by atoms with Crippen molar-refractivity contribution >= 4 is 5.91 Å². The van der Waals surface area contributed by atoms with Gasteiger partial charge in [-0.2, -0.15) is 0 Å². The zero-order valence-electron chi connectivity index (χ0n) is 13.0. The number of carbonyl (C=O) groups is 1. The monoisotopic (exact) mass is 301 g/mol. The maximum Gasteiger partial charge on any atom is 0.269 e. The van der Waals surface area contributed by atoms with E-state index in [-0.39, 0.29) is 17.8 Å². The van der Waals surface area contributed by atoms with Crippen LogP contribution in [0.2, 0.25) is 0 Å². The predicted octanol–water partition coefficient (Wildman–Crippen LogP) is 2.56. The molecule has 1 atom stereocenters. The van der Waals surface area contributed by atoms with Crippen LogP contribution in [0.5, 0.6) is 0 Å². The van der Waals surface area contributed by atoms with Gasteiger partial charge < -0.3 is 10.2 Å². The van der Waals surface area contributed by atoms with Gasteiger partial charge in [0, 0.05) is 12.2 Å².